The molecule has 1 spiro atoms. The fraction of sp³-hybridized carbons (Fsp3) is 0.567. The number of halogens is 1. The molecule has 0 aliphatic carbocycles. The average Bonchev–Trinajstić information content (AvgIpc) is 3.46. The van der Waals surface area contributed by atoms with Crippen molar-refractivity contribution in [1.82, 2.24) is 4.90 Å². The second-order valence-electron chi connectivity index (χ2n) is 10.9. The normalized spacial score (nSPS) is 28.9. The number of allylic oxidation sites excluding steroid dienone is 1. The van der Waals surface area contributed by atoms with Crippen molar-refractivity contribution in [1.29, 1.82) is 0 Å². The summed E-state index contributed by atoms with van der Waals surface area (Å²) in [6, 6.07) is 4.47. The van der Waals surface area contributed by atoms with Gasteiger partial charge in [0.2, 0.25) is 5.91 Å². The van der Waals surface area contributed by atoms with Gasteiger partial charge in [-0.25, -0.2) is 0 Å². The van der Waals surface area contributed by atoms with E-state index < -0.39 is 35.0 Å². The zero-order valence-corrected chi connectivity index (χ0v) is 23.6. The SMILES string of the molecule is C=CCCCOC(=O)[C@@H]1[C@H]2C(=O)N(CCCCO)C(C(=O)N(CC=C)c3c(C)cccc3Cl)C23CC[C@@]1(C)O3. The lowest BCUT2D eigenvalue weighted by atomic mass is 9.66. The number of hydrogen-bond acceptors (Lipinski definition) is 6. The van der Waals surface area contributed by atoms with Crippen LogP contribution in [-0.2, 0) is 23.9 Å². The molecule has 4 rings (SSSR count). The molecule has 5 atom stereocenters. The molecule has 1 aromatic carbocycles. The first-order valence-corrected chi connectivity index (χ1v) is 14.1. The van der Waals surface area contributed by atoms with Crippen molar-refractivity contribution in [2.75, 3.05) is 31.2 Å². The molecule has 2 amide bonds. The van der Waals surface area contributed by atoms with Gasteiger partial charge in [-0.3, -0.25) is 14.4 Å². The topological polar surface area (TPSA) is 96.4 Å². The molecule has 1 aromatic rings. The number of anilines is 1. The van der Waals surface area contributed by atoms with E-state index >= 15 is 0 Å². The molecular formula is C30H39ClN2O6. The Bertz CT molecular complexity index is 1120. The van der Waals surface area contributed by atoms with Gasteiger partial charge >= 0.3 is 5.97 Å². The molecule has 39 heavy (non-hydrogen) atoms. The zero-order valence-electron chi connectivity index (χ0n) is 22.9. The number of aliphatic hydroxyl groups is 1. The van der Waals surface area contributed by atoms with Gasteiger partial charge in [0.1, 0.15) is 17.6 Å². The van der Waals surface area contributed by atoms with Gasteiger partial charge < -0.3 is 24.4 Å². The highest BCUT2D eigenvalue weighted by Gasteiger charge is 2.78. The Morgan fingerprint density at radius 3 is 2.69 bits per heavy atom. The summed E-state index contributed by atoms with van der Waals surface area (Å²) in [6.45, 7) is 11.9. The molecule has 2 bridgehead atoms. The highest BCUT2D eigenvalue weighted by Crippen LogP contribution is 2.63. The van der Waals surface area contributed by atoms with Crippen LogP contribution in [0.2, 0.25) is 5.02 Å². The van der Waals surface area contributed by atoms with E-state index in [4.69, 9.17) is 21.1 Å². The zero-order chi connectivity index (χ0) is 28.4. The van der Waals surface area contributed by atoms with E-state index in [2.05, 4.69) is 13.2 Å². The van der Waals surface area contributed by atoms with Crippen molar-refractivity contribution in [2.24, 2.45) is 11.8 Å². The number of aryl methyl sites for hydroxylation is 1. The second-order valence-corrected chi connectivity index (χ2v) is 11.3. The van der Waals surface area contributed by atoms with Gasteiger partial charge in [0, 0.05) is 19.7 Å². The fourth-order valence-corrected chi connectivity index (χ4v) is 7.04. The molecule has 0 radical (unpaired) electrons. The van der Waals surface area contributed by atoms with Crippen LogP contribution in [0.3, 0.4) is 0 Å². The summed E-state index contributed by atoms with van der Waals surface area (Å²) in [4.78, 5) is 45.2. The molecule has 3 fully saturated rings. The maximum absolute atomic E-state index is 14.5. The maximum Gasteiger partial charge on any atom is 0.312 e. The minimum Gasteiger partial charge on any atom is -0.465 e. The van der Waals surface area contributed by atoms with Crippen LogP contribution in [0.1, 0.15) is 51.0 Å². The van der Waals surface area contributed by atoms with Gasteiger partial charge in [0.05, 0.1) is 28.8 Å². The Balaban J connectivity index is 1.75. The standard InChI is InChI=1S/C30H39ClN2O6/c1-5-7-10-19-38-28(37)23-22-26(35)33(17-8-9-18-34)25(30(22)15-14-29(23,4)39-30)27(36)32(16-6-2)24-20(3)12-11-13-21(24)31/h5-6,11-13,22-23,25,34H,1-2,7-10,14-19H2,3-4H3/t22-,23-,25?,29+,30?/m0/s1. The van der Waals surface area contributed by atoms with E-state index in [1.807, 2.05) is 26.0 Å². The molecule has 3 aliphatic heterocycles. The molecule has 212 valence electrons. The lowest BCUT2D eigenvalue weighted by molar-refractivity contribution is -0.159. The number of likely N-dealkylation sites (tertiary alicyclic amines) is 1. The first-order chi connectivity index (χ1) is 18.7. The van der Waals surface area contributed by atoms with Gasteiger partial charge in [-0.05, 0) is 64.0 Å². The number of amides is 2. The number of benzene rings is 1. The van der Waals surface area contributed by atoms with E-state index in [1.165, 1.54) is 0 Å². The Morgan fingerprint density at radius 1 is 1.26 bits per heavy atom. The van der Waals surface area contributed by atoms with E-state index in [9.17, 15) is 19.5 Å². The van der Waals surface area contributed by atoms with E-state index in [-0.39, 0.29) is 38.1 Å². The number of nitrogens with zero attached hydrogens (tertiary/aromatic N) is 2. The molecule has 3 saturated heterocycles. The van der Waals surface area contributed by atoms with Crippen LogP contribution in [0.25, 0.3) is 0 Å². The quantitative estimate of drug-likeness (QED) is 0.221. The van der Waals surface area contributed by atoms with Crippen LogP contribution in [0.15, 0.2) is 43.5 Å². The summed E-state index contributed by atoms with van der Waals surface area (Å²) < 4.78 is 12.3. The number of fused-ring (bicyclic) bond motifs is 1. The number of carbonyl (C=O) groups excluding carboxylic acids is 3. The highest BCUT2D eigenvalue weighted by molar-refractivity contribution is 6.34. The summed E-state index contributed by atoms with van der Waals surface area (Å²) in [6.07, 6.45) is 6.74. The summed E-state index contributed by atoms with van der Waals surface area (Å²) in [7, 11) is 0. The van der Waals surface area contributed by atoms with Crippen LogP contribution >= 0.6 is 11.6 Å². The highest BCUT2D eigenvalue weighted by atomic mass is 35.5. The monoisotopic (exact) mass is 558 g/mol. The maximum atomic E-state index is 14.5. The Kier molecular flexibility index (Phi) is 8.88. The largest absolute Gasteiger partial charge is 0.465 e. The van der Waals surface area contributed by atoms with Crippen LogP contribution in [0, 0.1) is 18.8 Å². The van der Waals surface area contributed by atoms with Crippen molar-refractivity contribution in [3.63, 3.8) is 0 Å². The lowest BCUT2D eigenvalue weighted by Gasteiger charge is -2.37. The summed E-state index contributed by atoms with van der Waals surface area (Å²) in [5.41, 5.74) is -0.701. The van der Waals surface area contributed by atoms with Gasteiger partial charge in [0.25, 0.3) is 5.91 Å². The molecule has 0 saturated carbocycles. The smallest absolute Gasteiger partial charge is 0.312 e. The third-order valence-electron chi connectivity index (χ3n) is 8.40. The number of rotatable bonds is 13. The Hall–Kier alpha value is -2.68. The number of esters is 1. The van der Waals surface area contributed by atoms with Crippen molar-refractivity contribution >= 4 is 35.1 Å². The molecule has 2 unspecified atom stereocenters. The minimum atomic E-state index is -1.17. The van der Waals surface area contributed by atoms with E-state index in [0.717, 1.165) is 5.56 Å². The van der Waals surface area contributed by atoms with Crippen LogP contribution in [0.5, 0.6) is 0 Å². The lowest BCUT2D eigenvalue weighted by Crippen LogP contribution is -2.56. The third kappa shape index (κ3) is 5.03. The van der Waals surface area contributed by atoms with Gasteiger partial charge in [-0.15, -0.1) is 13.2 Å². The summed E-state index contributed by atoms with van der Waals surface area (Å²) >= 11 is 6.59. The van der Waals surface area contributed by atoms with Crippen LogP contribution < -0.4 is 4.90 Å². The molecule has 9 heteroatoms. The van der Waals surface area contributed by atoms with Gasteiger partial charge in [-0.2, -0.15) is 0 Å². The summed E-state index contributed by atoms with van der Waals surface area (Å²) in [5.74, 6) is -2.71. The average molecular weight is 559 g/mol. The predicted octanol–water partition coefficient (Wildman–Crippen LogP) is 4.21. The van der Waals surface area contributed by atoms with Crippen molar-refractivity contribution in [3.8, 4) is 0 Å². The van der Waals surface area contributed by atoms with Gasteiger partial charge in [-0.1, -0.05) is 35.9 Å². The number of unbranched alkanes of at least 4 members (excludes halogenated alkanes) is 2. The predicted molar refractivity (Wildman–Crippen MR) is 149 cm³/mol. The fourth-order valence-electron chi connectivity index (χ4n) is 6.72. The molecule has 8 nitrogen and oxygen atoms in total. The molecule has 0 aromatic heterocycles. The number of ether oxygens (including phenoxy) is 2. The molecule has 1 N–H and O–H groups in total. The first kappa shape index (κ1) is 29.3. The first-order valence-electron chi connectivity index (χ1n) is 13.7. The van der Waals surface area contributed by atoms with Crippen molar-refractivity contribution in [3.05, 3.63) is 54.1 Å². The Morgan fingerprint density at radius 2 is 2.03 bits per heavy atom. The minimum absolute atomic E-state index is 0.0230. The molecular weight excluding hydrogens is 520 g/mol. The van der Waals surface area contributed by atoms with Crippen molar-refractivity contribution < 1.29 is 29.0 Å². The van der Waals surface area contributed by atoms with E-state index in [1.54, 1.807) is 28.0 Å². The van der Waals surface area contributed by atoms with Crippen LogP contribution in [-0.4, -0.2) is 71.3 Å². The van der Waals surface area contributed by atoms with Crippen LogP contribution in [0.4, 0.5) is 5.69 Å². The summed E-state index contributed by atoms with van der Waals surface area (Å²) in [5, 5.41) is 9.80. The van der Waals surface area contributed by atoms with Gasteiger partial charge in [0.15, 0.2) is 0 Å². The number of carbonyl (C=O) groups is 3. The molecule has 3 heterocycles. The molecule has 3 aliphatic rings. The second kappa shape index (κ2) is 11.8. The third-order valence-corrected chi connectivity index (χ3v) is 8.71. The Labute approximate surface area is 235 Å². The number of hydrogen-bond donors (Lipinski definition) is 1. The van der Waals surface area contributed by atoms with Crippen molar-refractivity contribution in [2.45, 2.75) is 69.6 Å². The number of aliphatic hydroxyl groups excluding tert-OH is 1. The number of para-hydroxylation sites is 1. The van der Waals surface area contributed by atoms with E-state index in [0.29, 0.717) is 49.2 Å².